The zero-order valence-corrected chi connectivity index (χ0v) is 19.6. The van der Waals surface area contributed by atoms with E-state index in [1.54, 1.807) is 0 Å². The summed E-state index contributed by atoms with van der Waals surface area (Å²) in [5.41, 5.74) is -1.36. The highest BCUT2D eigenvalue weighted by Crippen LogP contribution is 2.64. The van der Waals surface area contributed by atoms with Crippen molar-refractivity contribution in [1.29, 1.82) is 0 Å². The number of ether oxygens (including phenoxy) is 2. The zero-order chi connectivity index (χ0) is 21.0. The van der Waals surface area contributed by atoms with Gasteiger partial charge in [0.25, 0.3) is 0 Å². The molecule has 2 unspecified atom stereocenters. The molecular formula is C22H36N2O3S. The molecule has 28 heavy (non-hydrogen) atoms. The Morgan fingerprint density at radius 1 is 0.786 bits per heavy atom. The van der Waals surface area contributed by atoms with Crippen molar-refractivity contribution in [1.82, 2.24) is 9.80 Å². The number of hydrogen-bond acceptors (Lipinski definition) is 4. The van der Waals surface area contributed by atoms with E-state index in [1.807, 2.05) is 4.90 Å². The van der Waals surface area contributed by atoms with Crippen LogP contribution in [-0.2, 0) is 14.3 Å². The Morgan fingerprint density at radius 3 is 1.68 bits per heavy atom. The number of amides is 1. The molecule has 0 bridgehead atoms. The summed E-state index contributed by atoms with van der Waals surface area (Å²) in [7, 11) is 0. The lowest BCUT2D eigenvalue weighted by atomic mass is 9.61. The van der Waals surface area contributed by atoms with Gasteiger partial charge in [0.1, 0.15) is 0 Å². The van der Waals surface area contributed by atoms with Crippen LogP contribution in [0.4, 0.5) is 0 Å². The first-order valence-corrected chi connectivity index (χ1v) is 11.1. The number of likely N-dealkylation sites (tertiary alicyclic amines) is 2. The van der Waals surface area contributed by atoms with E-state index >= 15 is 0 Å². The Morgan fingerprint density at radius 2 is 1.21 bits per heavy atom. The van der Waals surface area contributed by atoms with Crippen molar-refractivity contribution in [3.8, 4) is 0 Å². The van der Waals surface area contributed by atoms with E-state index in [-0.39, 0.29) is 33.7 Å². The van der Waals surface area contributed by atoms with Crippen LogP contribution in [0.2, 0.25) is 0 Å². The predicted molar refractivity (Wildman–Crippen MR) is 113 cm³/mol. The lowest BCUT2D eigenvalue weighted by Crippen LogP contribution is -2.78. The predicted octanol–water partition coefficient (Wildman–Crippen LogP) is 4.09. The molecule has 4 aliphatic heterocycles. The first kappa shape index (κ1) is 20.5. The molecule has 1 amide bonds. The van der Waals surface area contributed by atoms with E-state index in [9.17, 15) is 4.79 Å². The molecule has 4 fully saturated rings. The van der Waals surface area contributed by atoms with Gasteiger partial charge in [-0.25, -0.2) is 0 Å². The molecule has 4 rings (SSSR count). The van der Waals surface area contributed by atoms with E-state index < -0.39 is 5.72 Å². The third-order valence-corrected chi connectivity index (χ3v) is 9.61. The van der Waals surface area contributed by atoms with Crippen molar-refractivity contribution >= 4 is 23.1 Å². The van der Waals surface area contributed by atoms with Gasteiger partial charge in [-0.05, 0) is 27.7 Å². The van der Waals surface area contributed by atoms with Crippen molar-refractivity contribution in [3.63, 3.8) is 0 Å². The standard InChI is InChI=1S/C22H36N2O3S/c1-17(2)19(5,6)26-21(17)11-9-15(25)23(21)13-14-24-16(28)10-12-22(24)18(3,4)20(7,8)27-22/h9-14H2,1-8H3. The van der Waals surface area contributed by atoms with Crippen LogP contribution in [-0.4, -0.2) is 56.4 Å². The van der Waals surface area contributed by atoms with Crippen molar-refractivity contribution in [3.05, 3.63) is 0 Å². The Balaban J connectivity index is 1.55. The molecule has 158 valence electrons. The number of hydrogen-bond donors (Lipinski definition) is 0. The SMILES string of the molecule is CC1(C)OC2(CCC(=O)N2CCN2C(=S)CCC23OC(C)(C)C3(C)C)C1(C)C. The maximum atomic E-state index is 12.8. The monoisotopic (exact) mass is 408 g/mol. The zero-order valence-electron chi connectivity index (χ0n) is 18.8. The van der Waals surface area contributed by atoms with Gasteiger partial charge in [-0.15, -0.1) is 0 Å². The van der Waals surface area contributed by atoms with Gasteiger partial charge in [0.05, 0.1) is 16.2 Å². The molecule has 4 aliphatic rings. The minimum atomic E-state index is -0.489. The van der Waals surface area contributed by atoms with Gasteiger partial charge >= 0.3 is 0 Å². The van der Waals surface area contributed by atoms with Gasteiger partial charge in [0.2, 0.25) is 5.91 Å². The summed E-state index contributed by atoms with van der Waals surface area (Å²) in [6.45, 7) is 18.9. The van der Waals surface area contributed by atoms with Crippen LogP contribution in [0.25, 0.3) is 0 Å². The van der Waals surface area contributed by atoms with E-state index in [4.69, 9.17) is 21.7 Å². The van der Waals surface area contributed by atoms with Crippen molar-refractivity contribution in [2.75, 3.05) is 13.1 Å². The van der Waals surface area contributed by atoms with Gasteiger partial charge in [-0.2, -0.15) is 0 Å². The van der Waals surface area contributed by atoms with Crippen molar-refractivity contribution < 1.29 is 14.3 Å². The van der Waals surface area contributed by atoms with Crippen LogP contribution in [0, 0.1) is 10.8 Å². The maximum absolute atomic E-state index is 12.8. The van der Waals surface area contributed by atoms with Crippen LogP contribution in [0.5, 0.6) is 0 Å². The molecule has 0 N–H and O–H groups in total. The van der Waals surface area contributed by atoms with Gasteiger partial charge in [-0.3, -0.25) is 4.79 Å². The lowest BCUT2D eigenvalue weighted by molar-refractivity contribution is -0.401. The smallest absolute Gasteiger partial charge is 0.225 e. The van der Waals surface area contributed by atoms with E-state index in [0.29, 0.717) is 19.5 Å². The summed E-state index contributed by atoms with van der Waals surface area (Å²) in [4.78, 5) is 18.0. The third-order valence-electron chi connectivity index (χ3n) is 9.19. The number of carbonyl (C=O) groups is 1. The lowest BCUT2D eigenvalue weighted by Gasteiger charge is -2.69. The molecular weight excluding hydrogens is 372 g/mol. The summed E-state index contributed by atoms with van der Waals surface area (Å²) in [6.07, 6.45) is 3.14. The molecule has 0 aromatic heterocycles. The van der Waals surface area contributed by atoms with Gasteiger partial charge in [0, 0.05) is 49.6 Å². The molecule has 2 spiro atoms. The first-order valence-electron chi connectivity index (χ1n) is 10.7. The summed E-state index contributed by atoms with van der Waals surface area (Å²) in [5, 5.41) is 0. The highest BCUT2D eigenvalue weighted by molar-refractivity contribution is 7.80. The second kappa shape index (κ2) is 5.50. The van der Waals surface area contributed by atoms with E-state index in [2.05, 4.69) is 60.3 Å². The molecule has 0 aromatic rings. The molecule has 0 aromatic carbocycles. The summed E-state index contributed by atoms with van der Waals surface area (Å²) >= 11 is 5.73. The number of nitrogens with zero attached hydrogens (tertiary/aromatic N) is 2. The quantitative estimate of drug-likeness (QED) is 0.658. The van der Waals surface area contributed by atoms with Crippen molar-refractivity contribution in [2.45, 2.75) is 104 Å². The Kier molecular flexibility index (Phi) is 4.03. The molecule has 4 saturated heterocycles. The second-order valence-electron chi connectivity index (χ2n) is 11.1. The van der Waals surface area contributed by atoms with Gasteiger partial charge in [0.15, 0.2) is 11.4 Å². The second-order valence-corrected chi connectivity index (χ2v) is 11.6. The molecule has 0 aliphatic carbocycles. The number of thiocarbonyl (C=S) groups is 1. The normalized spacial score (nSPS) is 39.6. The highest BCUT2D eigenvalue weighted by atomic mass is 32.1. The van der Waals surface area contributed by atoms with Crippen LogP contribution >= 0.6 is 12.2 Å². The van der Waals surface area contributed by atoms with Crippen molar-refractivity contribution in [2.24, 2.45) is 10.8 Å². The molecule has 5 nitrogen and oxygen atoms in total. The minimum absolute atomic E-state index is 0.0124. The molecule has 4 heterocycles. The van der Waals surface area contributed by atoms with Gasteiger partial charge in [-0.1, -0.05) is 39.9 Å². The van der Waals surface area contributed by atoms with E-state index in [0.717, 1.165) is 24.3 Å². The average Bonchev–Trinajstić information content (AvgIpc) is 3.06. The fraction of sp³-hybridized carbons (Fsp3) is 0.909. The van der Waals surface area contributed by atoms with Crippen LogP contribution in [0.15, 0.2) is 0 Å². The molecule has 6 heteroatoms. The molecule has 0 saturated carbocycles. The van der Waals surface area contributed by atoms with E-state index in [1.165, 1.54) is 0 Å². The third kappa shape index (κ3) is 2.10. The van der Waals surface area contributed by atoms with Gasteiger partial charge < -0.3 is 19.3 Å². The largest absolute Gasteiger partial charge is 0.348 e. The molecule has 0 radical (unpaired) electrons. The topological polar surface area (TPSA) is 42.0 Å². The molecule has 2 atom stereocenters. The fourth-order valence-electron chi connectivity index (χ4n) is 6.02. The summed E-state index contributed by atoms with van der Waals surface area (Å²) < 4.78 is 12.9. The number of carbonyl (C=O) groups excluding carboxylic acids is 1. The van der Waals surface area contributed by atoms with Crippen LogP contribution in [0.1, 0.15) is 81.1 Å². The Bertz CT molecular complexity index is 682. The van der Waals surface area contributed by atoms with Crippen LogP contribution in [0.3, 0.4) is 0 Å². The summed E-state index contributed by atoms with van der Waals surface area (Å²) in [6, 6.07) is 0. The van der Waals surface area contributed by atoms with Crippen LogP contribution < -0.4 is 0 Å². The Hall–Kier alpha value is -0.720. The maximum Gasteiger partial charge on any atom is 0.225 e. The Labute approximate surface area is 175 Å². The minimum Gasteiger partial charge on any atom is -0.348 e. The average molecular weight is 409 g/mol. The highest BCUT2D eigenvalue weighted by Gasteiger charge is 2.73. The summed E-state index contributed by atoms with van der Waals surface area (Å²) in [5.74, 6) is 0.192. The number of rotatable bonds is 3. The fourth-order valence-corrected chi connectivity index (χ4v) is 6.36. The first-order chi connectivity index (χ1) is 12.7.